The number of benzene rings is 1. The van der Waals surface area contributed by atoms with Crippen LogP contribution in [0.15, 0.2) is 24.3 Å². The van der Waals surface area contributed by atoms with E-state index in [0.717, 1.165) is 12.1 Å². The van der Waals surface area contributed by atoms with Gasteiger partial charge in [-0.3, -0.25) is 4.79 Å². The van der Waals surface area contributed by atoms with Gasteiger partial charge in [-0.1, -0.05) is 12.1 Å². The number of hydrogen-bond acceptors (Lipinski definition) is 4. The second-order valence-electron chi connectivity index (χ2n) is 4.09. The molecular formula is C13H15N3O2. The van der Waals surface area contributed by atoms with Gasteiger partial charge >= 0.3 is 0 Å². The van der Waals surface area contributed by atoms with Crippen molar-refractivity contribution in [2.24, 2.45) is 0 Å². The van der Waals surface area contributed by atoms with Crippen molar-refractivity contribution < 1.29 is 9.53 Å². The third-order valence-electron chi connectivity index (χ3n) is 2.74. The molecule has 1 unspecified atom stereocenters. The van der Waals surface area contributed by atoms with Gasteiger partial charge in [0.15, 0.2) is 0 Å². The van der Waals surface area contributed by atoms with Crippen molar-refractivity contribution >= 4 is 5.91 Å². The lowest BCUT2D eigenvalue weighted by Crippen LogP contribution is -2.47. The summed E-state index contributed by atoms with van der Waals surface area (Å²) in [4.78, 5) is 11.8. The Labute approximate surface area is 106 Å². The zero-order valence-electron chi connectivity index (χ0n) is 9.98. The van der Waals surface area contributed by atoms with Crippen molar-refractivity contribution in [3.63, 3.8) is 0 Å². The zero-order chi connectivity index (χ0) is 12.8. The number of ether oxygens (including phenoxy) is 1. The monoisotopic (exact) mass is 245 g/mol. The van der Waals surface area contributed by atoms with E-state index in [-0.39, 0.29) is 5.91 Å². The van der Waals surface area contributed by atoms with Crippen LogP contribution < -0.4 is 10.6 Å². The molecule has 1 aromatic carbocycles. The highest BCUT2D eigenvalue weighted by atomic mass is 16.5. The van der Waals surface area contributed by atoms with Crippen LogP contribution in [-0.2, 0) is 16.1 Å². The number of nitriles is 1. The number of nitrogens with zero attached hydrogens (tertiary/aromatic N) is 1. The number of carbonyl (C=O) groups is 1. The first-order valence-electron chi connectivity index (χ1n) is 5.88. The Balaban J connectivity index is 1.86. The second-order valence-corrected chi connectivity index (χ2v) is 4.09. The molecule has 18 heavy (non-hydrogen) atoms. The predicted octanol–water partition coefficient (Wildman–Crippen LogP) is 0.163. The van der Waals surface area contributed by atoms with Gasteiger partial charge in [-0.25, -0.2) is 0 Å². The molecule has 0 saturated carbocycles. The molecule has 2 rings (SSSR count). The van der Waals surface area contributed by atoms with E-state index in [1.165, 1.54) is 0 Å². The smallest absolute Gasteiger partial charge is 0.250 e. The van der Waals surface area contributed by atoms with Gasteiger partial charge in [0.2, 0.25) is 0 Å². The summed E-state index contributed by atoms with van der Waals surface area (Å²) in [7, 11) is 0. The maximum absolute atomic E-state index is 11.8. The topological polar surface area (TPSA) is 74.2 Å². The second kappa shape index (κ2) is 6.15. The fourth-order valence-corrected chi connectivity index (χ4v) is 1.79. The van der Waals surface area contributed by atoms with Crippen LogP contribution in [0.4, 0.5) is 0 Å². The quantitative estimate of drug-likeness (QED) is 0.795. The molecule has 5 nitrogen and oxygen atoms in total. The van der Waals surface area contributed by atoms with E-state index in [1.54, 1.807) is 18.2 Å². The normalized spacial score (nSPS) is 18.9. The first-order chi connectivity index (χ1) is 8.79. The average Bonchev–Trinajstić information content (AvgIpc) is 2.46. The third kappa shape index (κ3) is 3.29. The molecule has 0 bridgehead atoms. The largest absolute Gasteiger partial charge is 0.366 e. The van der Waals surface area contributed by atoms with Gasteiger partial charge in [-0.05, 0) is 17.7 Å². The molecule has 0 aliphatic carbocycles. The molecule has 0 spiro atoms. The van der Waals surface area contributed by atoms with E-state index < -0.39 is 6.10 Å². The van der Waals surface area contributed by atoms with E-state index >= 15 is 0 Å². The third-order valence-corrected chi connectivity index (χ3v) is 2.74. The van der Waals surface area contributed by atoms with Crippen molar-refractivity contribution in [2.45, 2.75) is 12.6 Å². The molecule has 2 N–H and O–H groups in total. The van der Waals surface area contributed by atoms with Gasteiger partial charge in [0.05, 0.1) is 18.2 Å². The summed E-state index contributed by atoms with van der Waals surface area (Å²) >= 11 is 0. The van der Waals surface area contributed by atoms with Crippen molar-refractivity contribution in [3.05, 3.63) is 35.4 Å². The minimum atomic E-state index is -0.419. The number of nitrogens with one attached hydrogen (secondary N) is 2. The van der Waals surface area contributed by atoms with Gasteiger partial charge in [0, 0.05) is 19.6 Å². The molecule has 0 radical (unpaired) electrons. The van der Waals surface area contributed by atoms with Gasteiger partial charge in [0.1, 0.15) is 6.10 Å². The van der Waals surface area contributed by atoms with Crippen LogP contribution in [0.5, 0.6) is 0 Å². The minimum absolute atomic E-state index is 0.121. The summed E-state index contributed by atoms with van der Waals surface area (Å²) in [5, 5.41) is 14.7. The molecule has 1 aliphatic rings. The van der Waals surface area contributed by atoms with Crippen molar-refractivity contribution in [1.82, 2.24) is 10.6 Å². The lowest BCUT2D eigenvalue weighted by atomic mass is 10.1. The van der Waals surface area contributed by atoms with E-state index in [9.17, 15) is 4.79 Å². The SMILES string of the molecule is N#Cc1cccc(CNC(=O)C2CNCCO2)c1. The van der Waals surface area contributed by atoms with Crippen LogP contribution in [0.3, 0.4) is 0 Å². The summed E-state index contributed by atoms with van der Waals surface area (Å²) in [5.74, 6) is -0.121. The number of morpholine rings is 1. The average molecular weight is 245 g/mol. The van der Waals surface area contributed by atoms with Crippen molar-refractivity contribution in [3.8, 4) is 6.07 Å². The Morgan fingerprint density at radius 3 is 3.22 bits per heavy atom. The molecular weight excluding hydrogens is 230 g/mol. The van der Waals surface area contributed by atoms with Crippen molar-refractivity contribution in [1.29, 1.82) is 5.26 Å². The maximum atomic E-state index is 11.8. The summed E-state index contributed by atoms with van der Waals surface area (Å²) in [5.41, 5.74) is 1.50. The Hall–Kier alpha value is -1.90. The molecule has 1 amide bonds. The van der Waals surface area contributed by atoms with Gasteiger partial charge in [0.25, 0.3) is 5.91 Å². The highest BCUT2D eigenvalue weighted by molar-refractivity contribution is 5.81. The molecule has 1 heterocycles. The van der Waals surface area contributed by atoms with Crippen LogP contribution in [0.1, 0.15) is 11.1 Å². The first kappa shape index (κ1) is 12.6. The maximum Gasteiger partial charge on any atom is 0.250 e. The van der Waals surface area contributed by atoms with Gasteiger partial charge in [-0.15, -0.1) is 0 Å². The molecule has 1 aromatic rings. The number of carbonyl (C=O) groups excluding carboxylic acids is 1. The first-order valence-corrected chi connectivity index (χ1v) is 5.88. The number of amides is 1. The van der Waals surface area contributed by atoms with Crippen LogP contribution in [0.25, 0.3) is 0 Å². The van der Waals surface area contributed by atoms with E-state index in [2.05, 4.69) is 16.7 Å². The molecule has 94 valence electrons. The fraction of sp³-hybridized carbons (Fsp3) is 0.385. The Morgan fingerprint density at radius 2 is 2.50 bits per heavy atom. The summed E-state index contributed by atoms with van der Waals surface area (Å²) in [6.45, 7) is 2.30. The van der Waals surface area contributed by atoms with Crippen LogP contribution in [0.2, 0.25) is 0 Å². The fourth-order valence-electron chi connectivity index (χ4n) is 1.79. The van der Waals surface area contributed by atoms with E-state index in [1.807, 2.05) is 6.07 Å². The predicted molar refractivity (Wildman–Crippen MR) is 65.6 cm³/mol. The lowest BCUT2D eigenvalue weighted by Gasteiger charge is -2.22. The Kier molecular flexibility index (Phi) is 4.29. The molecule has 1 atom stereocenters. The Bertz CT molecular complexity index is 462. The molecule has 0 aromatic heterocycles. The number of rotatable bonds is 3. The molecule has 5 heteroatoms. The van der Waals surface area contributed by atoms with E-state index in [4.69, 9.17) is 10.00 Å². The highest BCUT2D eigenvalue weighted by Gasteiger charge is 2.21. The standard InChI is InChI=1S/C13H15N3O2/c14-7-10-2-1-3-11(6-10)8-16-13(17)12-9-15-4-5-18-12/h1-3,6,12,15H,4-5,8-9H2,(H,16,17). The summed E-state index contributed by atoms with van der Waals surface area (Å²) < 4.78 is 5.35. The lowest BCUT2D eigenvalue weighted by molar-refractivity contribution is -0.134. The summed E-state index contributed by atoms with van der Waals surface area (Å²) in [6, 6.07) is 9.25. The van der Waals surface area contributed by atoms with Gasteiger partial charge < -0.3 is 15.4 Å². The molecule has 1 fully saturated rings. The Morgan fingerprint density at radius 1 is 1.61 bits per heavy atom. The van der Waals surface area contributed by atoms with Crippen LogP contribution >= 0.6 is 0 Å². The van der Waals surface area contributed by atoms with Gasteiger partial charge in [-0.2, -0.15) is 5.26 Å². The van der Waals surface area contributed by atoms with E-state index in [0.29, 0.717) is 25.3 Å². The van der Waals surface area contributed by atoms with Crippen molar-refractivity contribution in [2.75, 3.05) is 19.7 Å². The van der Waals surface area contributed by atoms with Crippen LogP contribution in [0, 0.1) is 11.3 Å². The molecule has 1 aliphatic heterocycles. The molecule has 1 saturated heterocycles. The highest BCUT2D eigenvalue weighted by Crippen LogP contribution is 2.04. The minimum Gasteiger partial charge on any atom is -0.366 e. The van der Waals surface area contributed by atoms with Crippen LogP contribution in [-0.4, -0.2) is 31.7 Å². The number of hydrogen-bond donors (Lipinski definition) is 2. The summed E-state index contributed by atoms with van der Waals surface area (Å²) in [6.07, 6.45) is -0.419. The zero-order valence-corrected chi connectivity index (χ0v) is 9.98.